The summed E-state index contributed by atoms with van der Waals surface area (Å²) in [5, 5.41) is 0. The van der Waals surface area contributed by atoms with Gasteiger partial charge in [0, 0.05) is 10.0 Å². The Labute approximate surface area is 92.2 Å². The summed E-state index contributed by atoms with van der Waals surface area (Å²) in [4.78, 5) is 0. The number of hydrogen-bond donors (Lipinski definition) is 0. The van der Waals surface area contributed by atoms with Crippen LogP contribution in [0.2, 0.25) is 0 Å². The van der Waals surface area contributed by atoms with Gasteiger partial charge in [0.15, 0.2) is 0 Å². The highest BCUT2D eigenvalue weighted by atomic mass is 79.9. The minimum Gasteiger partial charge on any atom is -0.0532 e. The van der Waals surface area contributed by atoms with Crippen LogP contribution in [0.15, 0.2) is 28.7 Å². The van der Waals surface area contributed by atoms with Crippen molar-refractivity contribution in [3.8, 4) is 0 Å². The summed E-state index contributed by atoms with van der Waals surface area (Å²) in [6.07, 6.45) is 0. The van der Waals surface area contributed by atoms with Gasteiger partial charge in [-0.2, -0.15) is 0 Å². The summed E-state index contributed by atoms with van der Waals surface area (Å²) in [5.41, 5.74) is 1.47. The Bertz CT molecular complexity index is 239. The van der Waals surface area contributed by atoms with Gasteiger partial charge in [0.1, 0.15) is 17.3 Å². The SMILES string of the molecule is CC[S+](CC)Cc1ccc(Br)cc1. The molecule has 0 amide bonds. The van der Waals surface area contributed by atoms with E-state index in [1.54, 1.807) is 0 Å². The van der Waals surface area contributed by atoms with E-state index in [0.29, 0.717) is 10.9 Å². The molecule has 0 saturated heterocycles. The molecule has 1 aromatic carbocycles. The quantitative estimate of drug-likeness (QED) is 0.725. The van der Waals surface area contributed by atoms with Crippen molar-refractivity contribution in [3.05, 3.63) is 34.3 Å². The fraction of sp³-hybridized carbons (Fsp3) is 0.455. The summed E-state index contributed by atoms with van der Waals surface area (Å²) < 4.78 is 1.17. The Kier molecular flexibility index (Phi) is 4.89. The lowest BCUT2D eigenvalue weighted by Crippen LogP contribution is -2.10. The van der Waals surface area contributed by atoms with E-state index in [1.807, 2.05) is 0 Å². The van der Waals surface area contributed by atoms with Crippen LogP contribution >= 0.6 is 15.9 Å². The van der Waals surface area contributed by atoms with Crippen molar-refractivity contribution in [2.24, 2.45) is 0 Å². The second kappa shape index (κ2) is 5.71. The van der Waals surface area contributed by atoms with Crippen molar-refractivity contribution in [1.29, 1.82) is 0 Å². The number of benzene rings is 1. The molecule has 0 saturated carbocycles. The zero-order valence-corrected chi connectivity index (χ0v) is 10.6. The molecule has 0 unspecified atom stereocenters. The maximum Gasteiger partial charge on any atom is 0.133 e. The van der Waals surface area contributed by atoms with Crippen LogP contribution in [-0.2, 0) is 16.6 Å². The van der Waals surface area contributed by atoms with Gasteiger partial charge in [-0.25, -0.2) is 0 Å². The largest absolute Gasteiger partial charge is 0.133 e. The van der Waals surface area contributed by atoms with E-state index in [1.165, 1.54) is 27.3 Å². The molecule has 0 aliphatic heterocycles. The van der Waals surface area contributed by atoms with Gasteiger partial charge < -0.3 is 0 Å². The van der Waals surface area contributed by atoms with E-state index in [4.69, 9.17) is 0 Å². The molecule has 1 aromatic rings. The first kappa shape index (κ1) is 11.1. The van der Waals surface area contributed by atoms with E-state index >= 15 is 0 Å². The zero-order chi connectivity index (χ0) is 9.68. The van der Waals surface area contributed by atoms with Crippen molar-refractivity contribution in [2.75, 3.05) is 11.5 Å². The lowest BCUT2D eigenvalue weighted by atomic mass is 10.2. The Morgan fingerprint density at radius 3 is 2.08 bits per heavy atom. The smallest absolute Gasteiger partial charge is 0.0532 e. The van der Waals surface area contributed by atoms with Crippen LogP contribution in [0.25, 0.3) is 0 Å². The van der Waals surface area contributed by atoms with Gasteiger partial charge in [-0.1, -0.05) is 28.1 Å². The first-order valence-electron chi connectivity index (χ1n) is 4.64. The van der Waals surface area contributed by atoms with Gasteiger partial charge in [-0.3, -0.25) is 0 Å². The molecule has 0 nitrogen and oxygen atoms in total. The van der Waals surface area contributed by atoms with E-state index in [0.717, 1.165) is 0 Å². The maximum absolute atomic E-state index is 3.45. The van der Waals surface area contributed by atoms with Crippen molar-refractivity contribution in [3.63, 3.8) is 0 Å². The summed E-state index contributed by atoms with van der Waals surface area (Å²) >= 11 is 3.45. The van der Waals surface area contributed by atoms with Crippen molar-refractivity contribution in [1.82, 2.24) is 0 Å². The van der Waals surface area contributed by atoms with Crippen LogP contribution in [0.1, 0.15) is 19.4 Å². The zero-order valence-electron chi connectivity index (χ0n) is 8.22. The summed E-state index contributed by atoms with van der Waals surface area (Å²) in [6.45, 7) is 4.57. The van der Waals surface area contributed by atoms with Gasteiger partial charge >= 0.3 is 0 Å². The second-order valence-electron chi connectivity index (χ2n) is 2.96. The number of hydrogen-bond acceptors (Lipinski definition) is 0. The van der Waals surface area contributed by atoms with Crippen LogP contribution < -0.4 is 0 Å². The van der Waals surface area contributed by atoms with Crippen molar-refractivity contribution < 1.29 is 0 Å². The van der Waals surface area contributed by atoms with Gasteiger partial charge in [-0.15, -0.1) is 0 Å². The van der Waals surface area contributed by atoms with Crippen LogP contribution in [0, 0.1) is 0 Å². The van der Waals surface area contributed by atoms with E-state index < -0.39 is 0 Å². The fourth-order valence-electron chi connectivity index (χ4n) is 1.22. The predicted octanol–water partition coefficient (Wildman–Crippen LogP) is 3.61. The fourth-order valence-corrected chi connectivity index (χ4v) is 2.97. The molecule has 0 atom stereocenters. The minimum absolute atomic E-state index is 0.589. The Morgan fingerprint density at radius 2 is 1.62 bits per heavy atom. The van der Waals surface area contributed by atoms with Crippen LogP contribution in [-0.4, -0.2) is 11.5 Å². The average molecular weight is 260 g/mol. The van der Waals surface area contributed by atoms with E-state index in [9.17, 15) is 0 Å². The van der Waals surface area contributed by atoms with Crippen molar-refractivity contribution in [2.45, 2.75) is 19.6 Å². The molecule has 72 valence electrons. The molecule has 0 N–H and O–H groups in total. The highest BCUT2D eigenvalue weighted by Gasteiger charge is 2.12. The molecule has 0 heterocycles. The predicted molar refractivity (Wildman–Crippen MR) is 66.3 cm³/mol. The standard InChI is InChI=1S/C11H16BrS/c1-3-13(4-2)9-10-5-7-11(12)8-6-10/h5-8H,3-4,9H2,1-2H3/q+1. The van der Waals surface area contributed by atoms with E-state index in [-0.39, 0.29) is 0 Å². The highest BCUT2D eigenvalue weighted by Crippen LogP contribution is 2.14. The third-order valence-electron chi connectivity index (χ3n) is 2.10. The lowest BCUT2D eigenvalue weighted by Gasteiger charge is -2.03. The third kappa shape index (κ3) is 3.74. The third-order valence-corrected chi connectivity index (χ3v) is 5.00. The Morgan fingerprint density at radius 1 is 1.08 bits per heavy atom. The first-order valence-corrected chi connectivity index (χ1v) is 7.17. The summed E-state index contributed by atoms with van der Waals surface area (Å²) in [5.74, 6) is 3.87. The van der Waals surface area contributed by atoms with Crippen molar-refractivity contribution >= 4 is 26.8 Å². The van der Waals surface area contributed by atoms with Gasteiger partial charge in [0.05, 0.1) is 0 Å². The monoisotopic (exact) mass is 259 g/mol. The van der Waals surface area contributed by atoms with Crippen LogP contribution in [0.4, 0.5) is 0 Å². The number of halogens is 1. The lowest BCUT2D eigenvalue weighted by molar-refractivity contribution is 1.33. The normalized spacial score (nSPS) is 10.8. The van der Waals surface area contributed by atoms with Crippen LogP contribution in [0.3, 0.4) is 0 Å². The minimum atomic E-state index is 0.589. The Balaban J connectivity index is 2.58. The second-order valence-corrected chi connectivity index (χ2v) is 6.54. The molecule has 0 bridgehead atoms. The molecule has 0 radical (unpaired) electrons. The maximum atomic E-state index is 3.45. The molecule has 1 rings (SSSR count). The first-order chi connectivity index (χ1) is 6.26. The average Bonchev–Trinajstić information content (AvgIpc) is 2.17. The summed E-state index contributed by atoms with van der Waals surface area (Å²) in [7, 11) is 0.589. The molecule has 2 heteroatoms. The van der Waals surface area contributed by atoms with E-state index in [2.05, 4.69) is 54.0 Å². The molecule has 0 aromatic heterocycles. The highest BCUT2D eigenvalue weighted by molar-refractivity contribution is 9.10. The molecular weight excluding hydrogens is 244 g/mol. The van der Waals surface area contributed by atoms with Crippen LogP contribution in [0.5, 0.6) is 0 Å². The molecule has 0 spiro atoms. The molecule has 0 aliphatic carbocycles. The summed E-state index contributed by atoms with van der Waals surface area (Å²) in [6, 6.07) is 8.69. The van der Waals surface area contributed by atoms with Gasteiger partial charge in [0.2, 0.25) is 0 Å². The molecule has 0 aliphatic rings. The Hall–Kier alpha value is 0.0500. The molecule has 0 fully saturated rings. The molecular formula is C11H16BrS+. The van der Waals surface area contributed by atoms with Gasteiger partial charge in [-0.05, 0) is 36.9 Å². The number of rotatable bonds is 4. The molecule has 13 heavy (non-hydrogen) atoms. The van der Waals surface area contributed by atoms with Gasteiger partial charge in [0.25, 0.3) is 0 Å². The topological polar surface area (TPSA) is 0 Å².